The molecule has 0 aliphatic carbocycles. The van der Waals surface area contributed by atoms with Gasteiger partial charge in [0.05, 0.1) is 6.61 Å². The molecule has 7 heteroatoms. The number of ether oxygens (including phenoxy) is 1. The average molecular weight is 354 g/mol. The lowest BCUT2D eigenvalue weighted by Crippen LogP contribution is -2.32. The van der Waals surface area contributed by atoms with Gasteiger partial charge in [0.25, 0.3) is 5.91 Å². The molecule has 1 heterocycles. The van der Waals surface area contributed by atoms with E-state index in [1.807, 2.05) is 4.90 Å². The molecule has 0 unspecified atom stereocenters. The fourth-order valence-electron chi connectivity index (χ4n) is 2.85. The lowest BCUT2D eigenvalue weighted by Gasteiger charge is -2.21. The fourth-order valence-corrected chi connectivity index (χ4v) is 4.06. The number of rotatable bonds is 6. The first-order valence-corrected chi connectivity index (χ1v) is 10.0. The topological polar surface area (TPSA) is 75.7 Å². The van der Waals surface area contributed by atoms with Crippen molar-refractivity contribution in [3.05, 3.63) is 23.8 Å². The molecule has 1 fully saturated rings. The minimum atomic E-state index is -3.70. The lowest BCUT2D eigenvalue weighted by molar-refractivity contribution is 0.0761. The normalized spacial score (nSPS) is 15.8. The fraction of sp³-hybridized carbons (Fsp3) is 0.588. The van der Waals surface area contributed by atoms with Crippen molar-refractivity contribution >= 4 is 15.9 Å². The van der Waals surface area contributed by atoms with Gasteiger partial charge < -0.3 is 9.64 Å². The maximum Gasteiger partial charge on any atom is 0.253 e. The highest BCUT2D eigenvalue weighted by molar-refractivity contribution is 7.89. The van der Waals surface area contributed by atoms with Crippen LogP contribution in [-0.4, -0.2) is 45.5 Å². The van der Waals surface area contributed by atoms with Crippen molar-refractivity contribution in [1.82, 2.24) is 9.62 Å². The zero-order chi connectivity index (χ0) is 17.6. The number of carbonyl (C=O) groups excluding carboxylic acids is 1. The number of benzene rings is 1. The van der Waals surface area contributed by atoms with Crippen LogP contribution in [0.2, 0.25) is 0 Å². The molecule has 0 radical (unpaired) electrons. The van der Waals surface area contributed by atoms with E-state index in [2.05, 4.69) is 4.72 Å². The monoisotopic (exact) mass is 354 g/mol. The Hall–Kier alpha value is -1.60. The van der Waals surface area contributed by atoms with Crippen LogP contribution in [0.15, 0.2) is 23.1 Å². The first kappa shape index (κ1) is 18.7. The summed E-state index contributed by atoms with van der Waals surface area (Å²) in [5.41, 5.74) is 0.386. The quantitative estimate of drug-likeness (QED) is 0.851. The molecular formula is C17H26N2O4S. The number of likely N-dealkylation sites (tertiary alicyclic amines) is 1. The number of nitrogens with zero attached hydrogens (tertiary/aromatic N) is 1. The van der Waals surface area contributed by atoms with Gasteiger partial charge >= 0.3 is 0 Å². The van der Waals surface area contributed by atoms with Gasteiger partial charge in [-0.3, -0.25) is 4.79 Å². The summed E-state index contributed by atoms with van der Waals surface area (Å²) in [5.74, 6) is 0.152. The van der Waals surface area contributed by atoms with E-state index >= 15 is 0 Å². The third-order valence-corrected chi connectivity index (χ3v) is 5.57. The Labute approximate surface area is 144 Å². The van der Waals surface area contributed by atoms with Crippen molar-refractivity contribution in [2.24, 2.45) is 0 Å². The smallest absolute Gasteiger partial charge is 0.253 e. The summed E-state index contributed by atoms with van der Waals surface area (Å²) in [7, 11) is -3.70. The Kier molecular flexibility index (Phi) is 6.62. The summed E-state index contributed by atoms with van der Waals surface area (Å²) in [5, 5.41) is 0. The van der Waals surface area contributed by atoms with Crippen molar-refractivity contribution in [3.8, 4) is 5.75 Å². The van der Waals surface area contributed by atoms with Gasteiger partial charge in [-0.25, -0.2) is 13.1 Å². The average Bonchev–Trinajstić information content (AvgIpc) is 2.84. The van der Waals surface area contributed by atoms with Crippen LogP contribution in [0.5, 0.6) is 5.75 Å². The Morgan fingerprint density at radius 1 is 1.17 bits per heavy atom. The van der Waals surface area contributed by atoms with E-state index in [0.717, 1.165) is 38.8 Å². The third kappa shape index (κ3) is 4.48. The summed E-state index contributed by atoms with van der Waals surface area (Å²) >= 11 is 0. The molecule has 0 saturated carbocycles. The van der Waals surface area contributed by atoms with Gasteiger partial charge in [-0.2, -0.15) is 0 Å². The van der Waals surface area contributed by atoms with E-state index in [9.17, 15) is 13.2 Å². The van der Waals surface area contributed by atoms with Crippen LogP contribution < -0.4 is 9.46 Å². The number of carbonyl (C=O) groups is 1. The maximum atomic E-state index is 12.7. The molecule has 0 aromatic heterocycles. The molecule has 134 valence electrons. The highest BCUT2D eigenvalue weighted by Gasteiger charge is 2.23. The van der Waals surface area contributed by atoms with Gasteiger partial charge in [-0.05, 0) is 38.0 Å². The van der Waals surface area contributed by atoms with Crippen LogP contribution in [0.1, 0.15) is 49.9 Å². The molecule has 0 spiro atoms. The molecule has 6 nitrogen and oxygen atoms in total. The van der Waals surface area contributed by atoms with Gasteiger partial charge in [-0.15, -0.1) is 0 Å². The molecule has 1 aromatic carbocycles. The van der Waals surface area contributed by atoms with E-state index in [4.69, 9.17) is 4.74 Å². The van der Waals surface area contributed by atoms with E-state index in [1.165, 1.54) is 6.07 Å². The second-order valence-corrected chi connectivity index (χ2v) is 7.54. The van der Waals surface area contributed by atoms with Crippen LogP contribution in [0.25, 0.3) is 0 Å². The molecule has 2 rings (SSSR count). The van der Waals surface area contributed by atoms with Gasteiger partial charge in [-0.1, -0.05) is 19.8 Å². The zero-order valence-electron chi connectivity index (χ0n) is 14.4. The van der Waals surface area contributed by atoms with E-state index in [1.54, 1.807) is 26.0 Å². The van der Waals surface area contributed by atoms with E-state index in [0.29, 0.717) is 12.2 Å². The standard InChI is InChI=1S/C17H26N2O4S/c1-3-18-24(21,22)16-13-14(9-10-15(16)23-4-2)17(20)19-11-7-5-6-8-12-19/h9-10,13,18H,3-8,11-12H2,1-2H3. The molecule has 0 bridgehead atoms. The van der Waals surface area contributed by atoms with Crippen LogP contribution in [0.4, 0.5) is 0 Å². The maximum absolute atomic E-state index is 12.7. The molecule has 24 heavy (non-hydrogen) atoms. The number of hydrogen-bond acceptors (Lipinski definition) is 4. The van der Waals surface area contributed by atoms with Crippen molar-refractivity contribution in [2.75, 3.05) is 26.2 Å². The minimum absolute atomic E-state index is 0.0203. The molecule has 1 N–H and O–H groups in total. The first-order chi connectivity index (χ1) is 11.5. The predicted octanol–water partition coefficient (Wildman–Crippen LogP) is 2.40. The number of nitrogens with one attached hydrogen (secondary N) is 1. The Balaban J connectivity index is 2.36. The van der Waals surface area contributed by atoms with Crippen molar-refractivity contribution in [1.29, 1.82) is 0 Å². The Morgan fingerprint density at radius 3 is 2.42 bits per heavy atom. The predicted molar refractivity (Wildman–Crippen MR) is 92.8 cm³/mol. The lowest BCUT2D eigenvalue weighted by atomic mass is 10.2. The second-order valence-electron chi connectivity index (χ2n) is 5.80. The molecule has 1 saturated heterocycles. The van der Waals surface area contributed by atoms with Crippen LogP contribution in [0.3, 0.4) is 0 Å². The third-order valence-electron chi connectivity index (χ3n) is 4.01. The Bertz CT molecular complexity index is 665. The van der Waals surface area contributed by atoms with Gasteiger partial charge in [0.15, 0.2) is 0 Å². The minimum Gasteiger partial charge on any atom is -0.492 e. The number of amides is 1. The molecular weight excluding hydrogens is 328 g/mol. The summed E-state index contributed by atoms with van der Waals surface area (Å²) < 4.78 is 32.7. The summed E-state index contributed by atoms with van der Waals surface area (Å²) in [4.78, 5) is 14.6. The summed E-state index contributed by atoms with van der Waals surface area (Å²) in [6.45, 7) is 5.58. The van der Waals surface area contributed by atoms with E-state index < -0.39 is 10.0 Å². The summed E-state index contributed by atoms with van der Waals surface area (Å²) in [6.07, 6.45) is 4.25. The molecule has 0 atom stereocenters. The summed E-state index contributed by atoms with van der Waals surface area (Å²) in [6, 6.07) is 4.64. The van der Waals surface area contributed by atoms with Gasteiger partial charge in [0.2, 0.25) is 10.0 Å². The zero-order valence-corrected chi connectivity index (χ0v) is 15.2. The highest BCUT2D eigenvalue weighted by atomic mass is 32.2. The van der Waals surface area contributed by atoms with E-state index in [-0.39, 0.29) is 23.1 Å². The number of hydrogen-bond donors (Lipinski definition) is 1. The van der Waals surface area contributed by atoms with Gasteiger partial charge in [0.1, 0.15) is 10.6 Å². The van der Waals surface area contributed by atoms with Crippen LogP contribution >= 0.6 is 0 Å². The molecule has 1 amide bonds. The first-order valence-electron chi connectivity index (χ1n) is 8.55. The highest BCUT2D eigenvalue weighted by Crippen LogP contribution is 2.26. The van der Waals surface area contributed by atoms with Crippen molar-refractivity contribution < 1.29 is 17.9 Å². The van der Waals surface area contributed by atoms with Crippen LogP contribution in [0, 0.1) is 0 Å². The van der Waals surface area contributed by atoms with Crippen molar-refractivity contribution in [2.45, 2.75) is 44.4 Å². The molecule has 1 aliphatic heterocycles. The largest absolute Gasteiger partial charge is 0.492 e. The Morgan fingerprint density at radius 2 is 1.83 bits per heavy atom. The van der Waals surface area contributed by atoms with Crippen LogP contribution in [-0.2, 0) is 10.0 Å². The second kappa shape index (κ2) is 8.48. The van der Waals surface area contributed by atoms with Crippen molar-refractivity contribution in [3.63, 3.8) is 0 Å². The molecule has 1 aromatic rings. The number of sulfonamides is 1. The molecule has 1 aliphatic rings. The van der Waals surface area contributed by atoms with Gasteiger partial charge in [0, 0.05) is 25.2 Å². The SMILES string of the molecule is CCNS(=O)(=O)c1cc(C(=O)N2CCCCCC2)ccc1OCC.